The highest BCUT2D eigenvalue weighted by molar-refractivity contribution is 6.31. The van der Waals surface area contributed by atoms with E-state index in [0.717, 1.165) is 30.2 Å². The van der Waals surface area contributed by atoms with Gasteiger partial charge in [0.25, 0.3) is 0 Å². The summed E-state index contributed by atoms with van der Waals surface area (Å²) < 4.78 is 2.19. The maximum Gasteiger partial charge on any atom is 0.164 e. The second-order valence-corrected chi connectivity index (χ2v) is 5.11. The maximum absolute atomic E-state index is 6.05. The fourth-order valence-corrected chi connectivity index (χ4v) is 2.68. The van der Waals surface area contributed by atoms with Crippen molar-refractivity contribution in [3.63, 3.8) is 0 Å². The Balaban J connectivity index is 2.09. The van der Waals surface area contributed by atoms with E-state index < -0.39 is 0 Å². The SMILES string of the molecule is Nc1cc(Cl)cc(-c2nnc3n2CCCCC3)c1. The summed E-state index contributed by atoms with van der Waals surface area (Å²) in [7, 11) is 0. The van der Waals surface area contributed by atoms with Crippen molar-refractivity contribution in [2.75, 3.05) is 5.73 Å². The largest absolute Gasteiger partial charge is 0.399 e. The van der Waals surface area contributed by atoms with Crippen LogP contribution in [0.15, 0.2) is 18.2 Å². The van der Waals surface area contributed by atoms with E-state index in [9.17, 15) is 0 Å². The number of hydrogen-bond donors (Lipinski definition) is 1. The molecule has 0 unspecified atom stereocenters. The van der Waals surface area contributed by atoms with Crippen LogP contribution < -0.4 is 5.73 Å². The summed E-state index contributed by atoms with van der Waals surface area (Å²) >= 11 is 6.05. The molecule has 2 heterocycles. The van der Waals surface area contributed by atoms with Crippen molar-refractivity contribution in [3.05, 3.63) is 29.0 Å². The number of nitrogen functional groups attached to an aromatic ring is 1. The molecule has 0 aliphatic carbocycles. The van der Waals surface area contributed by atoms with Crippen LogP contribution in [0.5, 0.6) is 0 Å². The number of halogens is 1. The number of rotatable bonds is 1. The highest BCUT2D eigenvalue weighted by atomic mass is 35.5. The third-order valence-corrected chi connectivity index (χ3v) is 3.51. The lowest BCUT2D eigenvalue weighted by Crippen LogP contribution is -2.03. The molecule has 18 heavy (non-hydrogen) atoms. The molecule has 0 spiro atoms. The van der Waals surface area contributed by atoms with Gasteiger partial charge in [0.05, 0.1) is 0 Å². The van der Waals surface area contributed by atoms with E-state index in [-0.39, 0.29) is 0 Å². The van der Waals surface area contributed by atoms with E-state index in [4.69, 9.17) is 17.3 Å². The van der Waals surface area contributed by atoms with E-state index in [2.05, 4.69) is 14.8 Å². The predicted molar refractivity (Wildman–Crippen MR) is 72.4 cm³/mol. The molecule has 0 amide bonds. The molecule has 0 saturated heterocycles. The van der Waals surface area contributed by atoms with Gasteiger partial charge in [-0.05, 0) is 31.0 Å². The lowest BCUT2D eigenvalue weighted by atomic mass is 10.2. The second kappa shape index (κ2) is 4.61. The van der Waals surface area contributed by atoms with Gasteiger partial charge in [-0.3, -0.25) is 0 Å². The third-order valence-electron chi connectivity index (χ3n) is 3.29. The van der Waals surface area contributed by atoms with Crippen LogP contribution in [0, 0.1) is 0 Å². The molecule has 2 N–H and O–H groups in total. The van der Waals surface area contributed by atoms with E-state index in [0.29, 0.717) is 10.7 Å². The number of nitrogens with two attached hydrogens (primary N) is 1. The Hall–Kier alpha value is -1.55. The standard InChI is InChI=1S/C13H15ClN4/c14-10-6-9(7-11(15)8-10)13-17-16-12-4-2-1-3-5-18(12)13/h6-8H,1-5,15H2. The van der Waals surface area contributed by atoms with E-state index >= 15 is 0 Å². The van der Waals surface area contributed by atoms with Crippen molar-refractivity contribution >= 4 is 17.3 Å². The number of hydrogen-bond acceptors (Lipinski definition) is 3. The summed E-state index contributed by atoms with van der Waals surface area (Å²) in [6.07, 6.45) is 4.62. The lowest BCUT2D eigenvalue weighted by Gasteiger charge is -2.07. The van der Waals surface area contributed by atoms with Crippen LogP contribution in [0.25, 0.3) is 11.4 Å². The summed E-state index contributed by atoms with van der Waals surface area (Å²) in [5, 5.41) is 9.21. The molecule has 0 fully saturated rings. The van der Waals surface area contributed by atoms with Gasteiger partial charge in [-0.2, -0.15) is 0 Å². The Kier molecular flexibility index (Phi) is 2.96. The summed E-state index contributed by atoms with van der Waals surface area (Å²) in [6.45, 7) is 0.976. The summed E-state index contributed by atoms with van der Waals surface area (Å²) in [5.41, 5.74) is 7.43. The molecule has 0 bridgehead atoms. The first-order chi connectivity index (χ1) is 8.74. The van der Waals surface area contributed by atoms with Crippen molar-refractivity contribution in [2.45, 2.75) is 32.2 Å². The second-order valence-electron chi connectivity index (χ2n) is 4.68. The Bertz CT molecular complexity index is 556. The first-order valence-corrected chi connectivity index (χ1v) is 6.60. The predicted octanol–water partition coefficient (Wildman–Crippen LogP) is 2.91. The van der Waals surface area contributed by atoms with E-state index in [1.165, 1.54) is 19.3 Å². The molecule has 1 aromatic heterocycles. The first kappa shape index (κ1) is 11.5. The summed E-state index contributed by atoms with van der Waals surface area (Å²) in [5.74, 6) is 1.95. The smallest absolute Gasteiger partial charge is 0.164 e. The maximum atomic E-state index is 6.05. The Morgan fingerprint density at radius 1 is 1.11 bits per heavy atom. The zero-order chi connectivity index (χ0) is 12.5. The van der Waals surface area contributed by atoms with Gasteiger partial charge < -0.3 is 10.3 Å². The van der Waals surface area contributed by atoms with Crippen LogP contribution in [0.2, 0.25) is 5.02 Å². The first-order valence-electron chi connectivity index (χ1n) is 6.22. The van der Waals surface area contributed by atoms with Crippen LogP contribution in [0.4, 0.5) is 5.69 Å². The number of aromatic nitrogens is 3. The molecule has 0 radical (unpaired) electrons. The Morgan fingerprint density at radius 3 is 2.83 bits per heavy atom. The van der Waals surface area contributed by atoms with Crippen LogP contribution in [-0.2, 0) is 13.0 Å². The van der Waals surface area contributed by atoms with Crippen LogP contribution in [-0.4, -0.2) is 14.8 Å². The van der Waals surface area contributed by atoms with Gasteiger partial charge in [-0.25, -0.2) is 0 Å². The number of benzene rings is 1. The molecular formula is C13H15ClN4. The van der Waals surface area contributed by atoms with Crippen LogP contribution in [0.1, 0.15) is 25.1 Å². The third kappa shape index (κ3) is 2.08. The normalized spacial score (nSPS) is 15.2. The van der Waals surface area contributed by atoms with Gasteiger partial charge in [0.1, 0.15) is 5.82 Å². The zero-order valence-corrected chi connectivity index (χ0v) is 10.8. The van der Waals surface area contributed by atoms with Crippen molar-refractivity contribution in [2.24, 2.45) is 0 Å². The van der Waals surface area contributed by atoms with Crippen molar-refractivity contribution in [3.8, 4) is 11.4 Å². The highest BCUT2D eigenvalue weighted by Gasteiger charge is 2.16. The van der Waals surface area contributed by atoms with Gasteiger partial charge in [0.15, 0.2) is 5.82 Å². The molecule has 1 aliphatic heterocycles. The number of fused-ring (bicyclic) bond motifs is 1. The Labute approximate surface area is 111 Å². The molecule has 94 valence electrons. The average molecular weight is 263 g/mol. The van der Waals surface area contributed by atoms with Crippen LogP contribution >= 0.6 is 11.6 Å². The number of aryl methyl sites for hydroxylation is 1. The van der Waals surface area contributed by atoms with Gasteiger partial charge in [0, 0.05) is 29.2 Å². The summed E-state index contributed by atoms with van der Waals surface area (Å²) in [4.78, 5) is 0. The molecule has 1 aliphatic rings. The summed E-state index contributed by atoms with van der Waals surface area (Å²) in [6, 6.07) is 5.53. The van der Waals surface area contributed by atoms with Gasteiger partial charge in [-0.1, -0.05) is 18.0 Å². The fourth-order valence-electron chi connectivity index (χ4n) is 2.44. The molecule has 5 heteroatoms. The highest BCUT2D eigenvalue weighted by Crippen LogP contribution is 2.27. The molecule has 0 saturated carbocycles. The zero-order valence-electron chi connectivity index (χ0n) is 10.1. The van der Waals surface area contributed by atoms with E-state index in [1.54, 1.807) is 6.07 Å². The quantitative estimate of drug-likeness (QED) is 0.804. The van der Waals surface area contributed by atoms with Crippen molar-refractivity contribution in [1.29, 1.82) is 0 Å². The van der Waals surface area contributed by atoms with Crippen LogP contribution in [0.3, 0.4) is 0 Å². The minimum absolute atomic E-state index is 0.635. The fraction of sp³-hybridized carbons (Fsp3) is 0.385. The number of nitrogens with zero attached hydrogens (tertiary/aromatic N) is 3. The van der Waals surface area contributed by atoms with Gasteiger partial charge in [0.2, 0.25) is 0 Å². The van der Waals surface area contributed by atoms with E-state index in [1.807, 2.05) is 12.1 Å². The minimum Gasteiger partial charge on any atom is -0.399 e. The van der Waals surface area contributed by atoms with Gasteiger partial charge >= 0.3 is 0 Å². The molecule has 4 nitrogen and oxygen atoms in total. The minimum atomic E-state index is 0.635. The average Bonchev–Trinajstić information content (AvgIpc) is 2.57. The molecule has 3 rings (SSSR count). The van der Waals surface area contributed by atoms with Gasteiger partial charge in [-0.15, -0.1) is 10.2 Å². The lowest BCUT2D eigenvalue weighted by molar-refractivity contribution is 0.636. The Morgan fingerprint density at radius 2 is 2.00 bits per heavy atom. The molecule has 1 aromatic carbocycles. The topological polar surface area (TPSA) is 56.7 Å². The van der Waals surface area contributed by atoms with Crippen molar-refractivity contribution < 1.29 is 0 Å². The monoisotopic (exact) mass is 262 g/mol. The molecule has 0 atom stereocenters. The molecular weight excluding hydrogens is 248 g/mol. The molecule has 2 aromatic rings. The number of anilines is 1. The van der Waals surface area contributed by atoms with Crippen molar-refractivity contribution in [1.82, 2.24) is 14.8 Å².